The first-order valence-electron chi connectivity index (χ1n) is 5.29. The summed E-state index contributed by atoms with van der Waals surface area (Å²) in [6.07, 6.45) is 1.84. The molecule has 0 unspecified atom stereocenters. The number of likely N-dealkylation sites (N-methyl/N-ethyl adjacent to an activating group) is 1. The first-order valence-corrected chi connectivity index (χ1v) is 7.18. The molecule has 1 aromatic rings. The topological polar surface area (TPSA) is 64.6 Å². The number of hydrogen-bond donors (Lipinski definition) is 1. The van der Waals surface area contributed by atoms with Gasteiger partial charge in [0.2, 0.25) is 6.79 Å². The molecule has 0 aliphatic carbocycles. The molecular weight excluding hydrogens is 242 g/mol. The molecule has 1 aliphatic heterocycles. The van der Waals surface area contributed by atoms with Gasteiger partial charge in [0.15, 0.2) is 21.3 Å². The standard InChI is InChI=1S/C11H15NO4S/c1-12-4-3-8-5-9-10(16-7-15-9)6-11(8)17(2,13)14/h5-6,12H,3-4,7H2,1-2H3. The van der Waals surface area contributed by atoms with Gasteiger partial charge in [-0.2, -0.15) is 0 Å². The van der Waals surface area contributed by atoms with E-state index in [-0.39, 0.29) is 6.79 Å². The summed E-state index contributed by atoms with van der Waals surface area (Å²) in [7, 11) is -1.42. The SMILES string of the molecule is CNCCc1cc2c(cc1S(C)(=O)=O)OCO2. The van der Waals surface area contributed by atoms with Gasteiger partial charge in [0, 0.05) is 12.3 Å². The number of benzene rings is 1. The molecule has 6 heteroatoms. The maximum absolute atomic E-state index is 11.7. The highest BCUT2D eigenvalue weighted by atomic mass is 32.2. The van der Waals surface area contributed by atoms with E-state index >= 15 is 0 Å². The van der Waals surface area contributed by atoms with Crippen molar-refractivity contribution in [2.45, 2.75) is 11.3 Å². The van der Waals surface area contributed by atoms with Crippen LogP contribution in [0.1, 0.15) is 5.56 Å². The second-order valence-electron chi connectivity index (χ2n) is 3.94. The molecule has 0 aromatic heterocycles. The highest BCUT2D eigenvalue weighted by Gasteiger charge is 2.21. The molecule has 1 N–H and O–H groups in total. The lowest BCUT2D eigenvalue weighted by Gasteiger charge is -2.09. The Morgan fingerprint density at radius 1 is 1.29 bits per heavy atom. The Labute approximate surface area is 101 Å². The van der Waals surface area contributed by atoms with Gasteiger partial charge in [0.05, 0.1) is 4.90 Å². The van der Waals surface area contributed by atoms with E-state index in [1.807, 2.05) is 7.05 Å². The van der Waals surface area contributed by atoms with Crippen LogP contribution in [0.2, 0.25) is 0 Å². The number of rotatable bonds is 4. The van der Waals surface area contributed by atoms with Crippen LogP contribution in [0.5, 0.6) is 11.5 Å². The van der Waals surface area contributed by atoms with E-state index in [0.717, 1.165) is 5.56 Å². The van der Waals surface area contributed by atoms with Gasteiger partial charge in [-0.3, -0.25) is 0 Å². The number of sulfone groups is 1. The first-order chi connectivity index (χ1) is 8.02. The smallest absolute Gasteiger partial charge is 0.231 e. The first kappa shape index (κ1) is 12.2. The summed E-state index contributed by atoms with van der Waals surface area (Å²) >= 11 is 0. The van der Waals surface area contributed by atoms with Crippen molar-refractivity contribution in [1.82, 2.24) is 5.32 Å². The Bertz CT molecular complexity index is 525. The Morgan fingerprint density at radius 3 is 2.53 bits per heavy atom. The lowest BCUT2D eigenvalue weighted by Crippen LogP contribution is -2.12. The summed E-state index contributed by atoms with van der Waals surface area (Å²) in [4.78, 5) is 0.317. The number of hydrogen-bond acceptors (Lipinski definition) is 5. The van der Waals surface area contributed by atoms with Gasteiger partial charge in [-0.15, -0.1) is 0 Å². The van der Waals surface area contributed by atoms with Crippen LogP contribution in [0.3, 0.4) is 0 Å². The third-order valence-electron chi connectivity index (χ3n) is 2.60. The molecule has 0 atom stereocenters. The quantitative estimate of drug-likeness (QED) is 0.855. The molecule has 2 rings (SSSR count). The fourth-order valence-corrected chi connectivity index (χ4v) is 2.72. The molecule has 0 bridgehead atoms. The maximum atomic E-state index is 11.7. The summed E-state index contributed by atoms with van der Waals surface area (Å²) < 4.78 is 33.8. The fraction of sp³-hybridized carbons (Fsp3) is 0.455. The monoisotopic (exact) mass is 257 g/mol. The van der Waals surface area contributed by atoms with Crippen LogP contribution in [0.4, 0.5) is 0 Å². The van der Waals surface area contributed by atoms with Gasteiger partial charge in [0.25, 0.3) is 0 Å². The second kappa shape index (κ2) is 4.54. The molecular formula is C11H15NO4S. The van der Waals surface area contributed by atoms with Gasteiger partial charge in [-0.25, -0.2) is 8.42 Å². The highest BCUT2D eigenvalue weighted by Crippen LogP contribution is 2.36. The van der Waals surface area contributed by atoms with Crippen LogP contribution in [-0.2, 0) is 16.3 Å². The van der Waals surface area contributed by atoms with Crippen LogP contribution >= 0.6 is 0 Å². The van der Waals surface area contributed by atoms with Gasteiger partial charge in [0.1, 0.15) is 0 Å². The third kappa shape index (κ3) is 2.53. The van der Waals surface area contributed by atoms with Crippen molar-refractivity contribution in [1.29, 1.82) is 0 Å². The fourth-order valence-electron chi connectivity index (χ4n) is 1.77. The van der Waals surface area contributed by atoms with E-state index in [1.54, 1.807) is 12.1 Å². The highest BCUT2D eigenvalue weighted by molar-refractivity contribution is 7.90. The van der Waals surface area contributed by atoms with E-state index < -0.39 is 9.84 Å². The number of ether oxygens (including phenoxy) is 2. The minimum atomic E-state index is -3.25. The van der Waals surface area contributed by atoms with Crippen LogP contribution in [0.15, 0.2) is 17.0 Å². The van der Waals surface area contributed by atoms with E-state index in [0.29, 0.717) is 29.4 Å². The number of fused-ring (bicyclic) bond motifs is 1. The summed E-state index contributed by atoms with van der Waals surface area (Å²) in [5.41, 5.74) is 0.756. The zero-order chi connectivity index (χ0) is 12.5. The minimum Gasteiger partial charge on any atom is -0.454 e. The van der Waals surface area contributed by atoms with Crippen LogP contribution in [-0.4, -0.2) is 35.1 Å². The molecule has 0 spiro atoms. The maximum Gasteiger partial charge on any atom is 0.231 e. The molecule has 0 amide bonds. The van der Waals surface area contributed by atoms with Crippen molar-refractivity contribution in [3.8, 4) is 11.5 Å². The van der Waals surface area contributed by atoms with E-state index in [9.17, 15) is 8.42 Å². The molecule has 0 fully saturated rings. The van der Waals surface area contributed by atoms with Gasteiger partial charge in [-0.05, 0) is 31.6 Å². The Morgan fingerprint density at radius 2 is 1.94 bits per heavy atom. The minimum absolute atomic E-state index is 0.147. The molecule has 1 heterocycles. The van der Waals surface area contributed by atoms with Crippen molar-refractivity contribution in [3.63, 3.8) is 0 Å². The Kier molecular flexibility index (Phi) is 3.26. The van der Waals surface area contributed by atoms with Crippen molar-refractivity contribution in [2.75, 3.05) is 26.6 Å². The lowest BCUT2D eigenvalue weighted by atomic mass is 10.1. The largest absolute Gasteiger partial charge is 0.454 e. The van der Waals surface area contributed by atoms with Crippen molar-refractivity contribution < 1.29 is 17.9 Å². The van der Waals surface area contributed by atoms with Crippen LogP contribution < -0.4 is 14.8 Å². The molecule has 1 aliphatic rings. The van der Waals surface area contributed by atoms with Gasteiger partial charge < -0.3 is 14.8 Å². The van der Waals surface area contributed by atoms with E-state index in [2.05, 4.69) is 5.32 Å². The molecule has 0 radical (unpaired) electrons. The van der Waals surface area contributed by atoms with Crippen molar-refractivity contribution in [2.24, 2.45) is 0 Å². The van der Waals surface area contributed by atoms with Gasteiger partial charge >= 0.3 is 0 Å². The zero-order valence-corrected chi connectivity index (χ0v) is 10.6. The van der Waals surface area contributed by atoms with Crippen LogP contribution in [0.25, 0.3) is 0 Å². The molecule has 1 aromatic carbocycles. The van der Waals surface area contributed by atoms with Gasteiger partial charge in [-0.1, -0.05) is 0 Å². The summed E-state index contributed by atoms with van der Waals surface area (Å²) in [5.74, 6) is 1.11. The molecule has 94 valence electrons. The number of nitrogens with one attached hydrogen (secondary N) is 1. The molecule has 17 heavy (non-hydrogen) atoms. The summed E-state index contributed by atoms with van der Waals surface area (Å²) in [6.45, 7) is 0.857. The molecule has 0 saturated heterocycles. The lowest BCUT2D eigenvalue weighted by molar-refractivity contribution is 0.174. The average molecular weight is 257 g/mol. The average Bonchev–Trinajstić information content (AvgIpc) is 2.70. The molecule has 0 saturated carbocycles. The van der Waals surface area contributed by atoms with Crippen LogP contribution in [0, 0.1) is 0 Å². The summed E-state index contributed by atoms with van der Waals surface area (Å²) in [6, 6.07) is 3.29. The third-order valence-corrected chi connectivity index (χ3v) is 3.78. The molecule has 5 nitrogen and oxygen atoms in total. The predicted octanol–water partition coefficient (Wildman–Crippen LogP) is 0.581. The zero-order valence-electron chi connectivity index (χ0n) is 9.82. The van der Waals surface area contributed by atoms with E-state index in [1.165, 1.54) is 6.26 Å². The normalized spacial score (nSPS) is 14.0. The van der Waals surface area contributed by atoms with Crippen molar-refractivity contribution in [3.05, 3.63) is 17.7 Å². The Hall–Kier alpha value is -1.27. The van der Waals surface area contributed by atoms with E-state index in [4.69, 9.17) is 9.47 Å². The predicted molar refractivity (Wildman–Crippen MR) is 63.3 cm³/mol. The second-order valence-corrected chi connectivity index (χ2v) is 5.92. The van der Waals surface area contributed by atoms with Crippen molar-refractivity contribution >= 4 is 9.84 Å². The summed E-state index contributed by atoms with van der Waals surface area (Å²) in [5, 5.41) is 3.00. The Balaban J connectivity index is 2.47.